The van der Waals surface area contributed by atoms with Crippen molar-refractivity contribution in [3.05, 3.63) is 64.8 Å². The lowest BCUT2D eigenvalue weighted by molar-refractivity contribution is -0.124. The van der Waals surface area contributed by atoms with Gasteiger partial charge in [-0.15, -0.1) is 11.3 Å². The number of ether oxygens (including phenoxy) is 1. The number of anilines is 2. The van der Waals surface area contributed by atoms with Crippen LogP contribution < -0.4 is 10.6 Å². The Morgan fingerprint density at radius 1 is 1.17 bits per heavy atom. The van der Waals surface area contributed by atoms with Crippen molar-refractivity contribution in [3.8, 4) is 11.3 Å². The van der Waals surface area contributed by atoms with Crippen LogP contribution in [-0.2, 0) is 9.53 Å². The van der Waals surface area contributed by atoms with Gasteiger partial charge in [0.1, 0.15) is 11.9 Å². The standard InChI is InChI=1S/C22H20FN3O3S/c1-13-19(14-7-9-16(23)10-8-14)25-22(30-13)26-20(27)15-4-2-5-17(12-15)24-21(28)18-6-3-11-29-18/h2,4-5,7-10,12,18H,3,6,11H2,1H3,(H,24,28)(H,25,26,27)/t18-/m1/s1. The number of nitrogens with zero attached hydrogens (tertiary/aromatic N) is 1. The van der Waals surface area contributed by atoms with Crippen LogP contribution in [-0.4, -0.2) is 29.5 Å². The van der Waals surface area contributed by atoms with E-state index >= 15 is 0 Å². The summed E-state index contributed by atoms with van der Waals surface area (Å²) in [4.78, 5) is 30.3. The highest BCUT2D eigenvalue weighted by Gasteiger charge is 2.23. The maximum atomic E-state index is 13.2. The predicted molar refractivity (Wildman–Crippen MR) is 114 cm³/mol. The van der Waals surface area contributed by atoms with Gasteiger partial charge in [-0.2, -0.15) is 0 Å². The molecule has 3 aromatic rings. The van der Waals surface area contributed by atoms with Gasteiger partial charge in [0.15, 0.2) is 5.13 Å². The molecular weight excluding hydrogens is 405 g/mol. The van der Waals surface area contributed by atoms with Crippen molar-refractivity contribution in [2.24, 2.45) is 0 Å². The van der Waals surface area contributed by atoms with E-state index in [0.717, 1.165) is 16.9 Å². The van der Waals surface area contributed by atoms with Crippen LogP contribution in [0.4, 0.5) is 15.2 Å². The third-order valence-electron chi connectivity index (χ3n) is 4.75. The number of benzene rings is 2. The van der Waals surface area contributed by atoms with Gasteiger partial charge in [-0.05, 0) is 62.2 Å². The molecular formula is C22H20FN3O3S. The summed E-state index contributed by atoms with van der Waals surface area (Å²) in [7, 11) is 0. The van der Waals surface area contributed by atoms with Crippen molar-refractivity contribution >= 4 is 34.0 Å². The lowest BCUT2D eigenvalue weighted by atomic mass is 10.1. The van der Waals surface area contributed by atoms with Gasteiger partial charge in [0, 0.05) is 28.3 Å². The molecule has 8 heteroatoms. The Balaban J connectivity index is 1.46. The smallest absolute Gasteiger partial charge is 0.257 e. The van der Waals surface area contributed by atoms with Crippen LogP contribution >= 0.6 is 11.3 Å². The average molecular weight is 425 g/mol. The molecule has 1 aliphatic heterocycles. The Morgan fingerprint density at radius 3 is 2.70 bits per heavy atom. The number of carbonyl (C=O) groups excluding carboxylic acids is 2. The molecule has 1 saturated heterocycles. The molecule has 1 atom stereocenters. The second-order valence-corrected chi connectivity index (χ2v) is 8.16. The number of nitrogens with one attached hydrogen (secondary N) is 2. The molecule has 154 valence electrons. The highest BCUT2D eigenvalue weighted by molar-refractivity contribution is 7.16. The monoisotopic (exact) mass is 425 g/mol. The lowest BCUT2D eigenvalue weighted by Crippen LogP contribution is -2.27. The summed E-state index contributed by atoms with van der Waals surface area (Å²) in [6.07, 6.45) is 1.13. The second kappa shape index (κ2) is 8.73. The van der Waals surface area contributed by atoms with Gasteiger partial charge in [-0.25, -0.2) is 9.37 Å². The molecule has 0 bridgehead atoms. The molecule has 2 N–H and O–H groups in total. The summed E-state index contributed by atoms with van der Waals surface area (Å²) in [5.74, 6) is -0.848. The Labute approximate surface area is 177 Å². The SMILES string of the molecule is Cc1sc(NC(=O)c2cccc(NC(=O)[C@H]3CCCO3)c2)nc1-c1ccc(F)cc1. The van der Waals surface area contributed by atoms with Gasteiger partial charge in [0.05, 0.1) is 5.69 Å². The quantitative estimate of drug-likeness (QED) is 0.625. The number of aromatic nitrogens is 1. The molecule has 0 saturated carbocycles. The van der Waals surface area contributed by atoms with Crippen molar-refractivity contribution in [1.82, 2.24) is 4.98 Å². The first-order valence-electron chi connectivity index (χ1n) is 9.57. The average Bonchev–Trinajstić information content (AvgIpc) is 3.39. The first-order valence-corrected chi connectivity index (χ1v) is 10.4. The van der Waals surface area contributed by atoms with E-state index in [4.69, 9.17) is 4.74 Å². The molecule has 0 radical (unpaired) electrons. The van der Waals surface area contributed by atoms with E-state index in [1.54, 1.807) is 36.4 Å². The first kappa shape index (κ1) is 20.2. The number of rotatable bonds is 5. The molecule has 2 heterocycles. The van der Waals surface area contributed by atoms with Gasteiger partial charge in [-0.1, -0.05) is 6.07 Å². The third kappa shape index (κ3) is 4.55. The summed E-state index contributed by atoms with van der Waals surface area (Å²) < 4.78 is 18.5. The predicted octanol–water partition coefficient (Wildman–Crippen LogP) is 4.63. The van der Waals surface area contributed by atoms with Crippen molar-refractivity contribution in [3.63, 3.8) is 0 Å². The summed E-state index contributed by atoms with van der Waals surface area (Å²) in [5, 5.41) is 6.04. The normalized spacial score (nSPS) is 15.7. The zero-order valence-corrected chi connectivity index (χ0v) is 17.1. The Bertz CT molecular complexity index is 1080. The van der Waals surface area contributed by atoms with Gasteiger partial charge in [0.2, 0.25) is 0 Å². The molecule has 30 heavy (non-hydrogen) atoms. The summed E-state index contributed by atoms with van der Waals surface area (Å²) in [5.41, 5.74) is 2.42. The van der Waals surface area contributed by atoms with Gasteiger partial charge in [-0.3, -0.25) is 14.9 Å². The minimum atomic E-state index is -0.439. The largest absolute Gasteiger partial charge is 0.368 e. The molecule has 1 fully saturated rings. The second-order valence-electron chi connectivity index (χ2n) is 6.96. The number of amides is 2. The number of hydrogen-bond acceptors (Lipinski definition) is 5. The fraction of sp³-hybridized carbons (Fsp3) is 0.227. The lowest BCUT2D eigenvalue weighted by Gasteiger charge is -2.11. The van der Waals surface area contributed by atoms with Crippen molar-refractivity contribution in [1.29, 1.82) is 0 Å². The molecule has 0 spiro atoms. The highest BCUT2D eigenvalue weighted by atomic mass is 32.1. The van der Waals surface area contributed by atoms with E-state index in [1.165, 1.54) is 23.5 Å². The van der Waals surface area contributed by atoms with E-state index in [0.29, 0.717) is 35.1 Å². The van der Waals surface area contributed by atoms with E-state index < -0.39 is 6.10 Å². The number of halogens is 1. The topological polar surface area (TPSA) is 80.3 Å². The van der Waals surface area contributed by atoms with Crippen LogP contribution in [0.2, 0.25) is 0 Å². The third-order valence-corrected chi connectivity index (χ3v) is 5.64. The molecule has 1 aliphatic rings. The zero-order valence-electron chi connectivity index (χ0n) is 16.3. The highest BCUT2D eigenvalue weighted by Crippen LogP contribution is 2.30. The van der Waals surface area contributed by atoms with Crippen LogP contribution in [0.5, 0.6) is 0 Å². The van der Waals surface area contributed by atoms with Crippen LogP contribution in [0, 0.1) is 12.7 Å². The summed E-state index contributed by atoms with van der Waals surface area (Å²) in [6, 6.07) is 12.8. The summed E-state index contributed by atoms with van der Waals surface area (Å²) >= 11 is 1.34. The fourth-order valence-electron chi connectivity index (χ4n) is 3.24. The molecule has 1 aromatic heterocycles. The number of aryl methyl sites for hydroxylation is 1. The van der Waals surface area contributed by atoms with Crippen LogP contribution in [0.3, 0.4) is 0 Å². The van der Waals surface area contributed by atoms with Gasteiger partial charge >= 0.3 is 0 Å². The Morgan fingerprint density at radius 2 is 1.97 bits per heavy atom. The van der Waals surface area contributed by atoms with E-state index in [9.17, 15) is 14.0 Å². The van der Waals surface area contributed by atoms with E-state index in [1.807, 2.05) is 6.92 Å². The van der Waals surface area contributed by atoms with Crippen LogP contribution in [0.1, 0.15) is 28.1 Å². The van der Waals surface area contributed by atoms with Crippen molar-refractivity contribution in [2.75, 3.05) is 17.2 Å². The molecule has 6 nitrogen and oxygen atoms in total. The molecule has 0 aliphatic carbocycles. The fourth-order valence-corrected chi connectivity index (χ4v) is 4.07. The number of carbonyl (C=O) groups is 2. The Kier molecular flexibility index (Phi) is 5.87. The van der Waals surface area contributed by atoms with E-state index in [2.05, 4.69) is 15.6 Å². The van der Waals surface area contributed by atoms with E-state index in [-0.39, 0.29) is 17.6 Å². The number of thiazole rings is 1. The molecule has 0 unspecified atom stereocenters. The number of hydrogen-bond donors (Lipinski definition) is 2. The maximum absolute atomic E-state index is 13.2. The molecule has 4 rings (SSSR count). The van der Waals surface area contributed by atoms with Crippen LogP contribution in [0.25, 0.3) is 11.3 Å². The van der Waals surface area contributed by atoms with Crippen molar-refractivity contribution < 1.29 is 18.7 Å². The summed E-state index contributed by atoms with van der Waals surface area (Å²) in [6.45, 7) is 2.49. The van der Waals surface area contributed by atoms with Crippen molar-refractivity contribution in [2.45, 2.75) is 25.9 Å². The van der Waals surface area contributed by atoms with Gasteiger partial charge in [0.25, 0.3) is 11.8 Å². The minimum Gasteiger partial charge on any atom is -0.368 e. The minimum absolute atomic E-state index is 0.204. The maximum Gasteiger partial charge on any atom is 0.257 e. The van der Waals surface area contributed by atoms with Gasteiger partial charge < -0.3 is 10.1 Å². The van der Waals surface area contributed by atoms with Crippen LogP contribution in [0.15, 0.2) is 48.5 Å². The molecule has 2 aromatic carbocycles. The first-order chi connectivity index (χ1) is 14.5. The molecule has 2 amide bonds. The Hall–Kier alpha value is -3.10. The zero-order chi connectivity index (χ0) is 21.1.